The molecule has 4 aromatic carbocycles. The van der Waals surface area contributed by atoms with E-state index in [1.165, 1.54) is 11.5 Å². The second kappa shape index (κ2) is 9.31. The molecule has 0 fully saturated rings. The number of anilines is 1. The van der Waals surface area contributed by atoms with Gasteiger partial charge in [-0.15, -0.1) is 0 Å². The Morgan fingerprint density at radius 2 is 1.50 bits per heavy atom. The van der Waals surface area contributed by atoms with E-state index < -0.39 is 0 Å². The molecule has 4 heteroatoms. The van der Waals surface area contributed by atoms with E-state index in [0.29, 0.717) is 30.2 Å². The highest BCUT2D eigenvalue weighted by Gasteiger charge is 2.13. The van der Waals surface area contributed by atoms with Crippen molar-refractivity contribution >= 4 is 16.5 Å². The van der Waals surface area contributed by atoms with Gasteiger partial charge in [0, 0.05) is 28.7 Å². The van der Waals surface area contributed by atoms with Crippen molar-refractivity contribution in [3.8, 4) is 11.5 Å². The minimum Gasteiger partial charge on any atom is -0.490 e. The van der Waals surface area contributed by atoms with Crippen molar-refractivity contribution in [3.63, 3.8) is 0 Å². The zero-order valence-electron chi connectivity index (χ0n) is 16.9. The molecule has 0 aliphatic rings. The van der Waals surface area contributed by atoms with Gasteiger partial charge in [-0.25, -0.2) is 4.39 Å². The second-order valence-corrected chi connectivity index (χ2v) is 6.94. The molecule has 3 nitrogen and oxygen atoms in total. The lowest BCUT2D eigenvalue weighted by Crippen LogP contribution is -2.07. The number of nitrogens with one attached hydrogen (secondary N) is 1. The highest BCUT2D eigenvalue weighted by molar-refractivity contribution is 5.93. The maximum Gasteiger partial charge on any atom is 0.166 e. The van der Waals surface area contributed by atoms with Crippen LogP contribution in [0.25, 0.3) is 10.8 Å². The summed E-state index contributed by atoms with van der Waals surface area (Å²) in [5.74, 6) is 1.02. The lowest BCUT2D eigenvalue weighted by atomic mass is 10.1. The fourth-order valence-corrected chi connectivity index (χ4v) is 3.47. The number of ether oxygens (including phenoxy) is 2. The number of hydrogen-bond donors (Lipinski definition) is 1. The van der Waals surface area contributed by atoms with Gasteiger partial charge in [0.2, 0.25) is 0 Å². The van der Waals surface area contributed by atoms with Gasteiger partial charge < -0.3 is 14.8 Å². The standard InChI is InChI=1S/C26H24FNO2/c1-2-29-25-16-8-12-20(26(25)30-18-21-10-4-6-14-23(21)27)17-28-24-15-7-11-19-9-3-5-13-22(19)24/h3-16,28H,2,17-18H2,1H3. The van der Waals surface area contributed by atoms with E-state index in [2.05, 4.69) is 29.6 Å². The van der Waals surface area contributed by atoms with Crippen LogP contribution in [0.15, 0.2) is 84.9 Å². The van der Waals surface area contributed by atoms with Crippen molar-refractivity contribution in [2.75, 3.05) is 11.9 Å². The molecule has 0 aliphatic carbocycles. The quantitative estimate of drug-likeness (QED) is 0.362. The number of halogens is 1. The lowest BCUT2D eigenvalue weighted by molar-refractivity contribution is 0.263. The van der Waals surface area contributed by atoms with Crippen molar-refractivity contribution in [2.45, 2.75) is 20.1 Å². The molecule has 0 amide bonds. The average molecular weight is 401 g/mol. The van der Waals surface area contributed by atoms with E-state index in [0.717, 1.165) is 16.6 Å². The van der Waals surface area contributed by atoms with E-state index >= 15 is 0 Å². The zero-order valence-corrected chi connectivity index (χ0v) is 16.9. The number of benzene rings is 4. The topological polar surface area (TPSA) is 30.5 Å². The number of hydrogen-bond acceptors (Lipinski definition) is 3. The Hall–Kier alpha value is -3.53. The van der Waals surface area contributed by atoms with Gasteiger partial charge in [-0.2, -0.15) is 0 Å². The van der Waals surface area contributed by atoms with Crippen LogP contribution in [0, 0.1) is 5.82 Å². The van der Waals surface area contributed by atoms with Gasteiger partial charge in [-0.05, 0) is 30.5 Å². The summed E-state index contributed by atoms with van der Waals surface area (Å²) in [4.78, 5) is 0. The largest absolute Gasteiger partial charge is 0.490 e. The van der Waals surface area contributed by atoms with Crippen molar-refractivity contribution in [3.05, 3.63) is 102 Å². The fourth-order valence-electron chi connectivity index (χ4n) is 3.47. The van der Waals surface area contributed by atoms with Gasteiger partial charge in [-0.3, -0.25) is 0 Å². The van der Waals surface area contributed by atoms with Crippen LogP contribution in [0.5, 0.6) is 11.5 Å². The van der Waals surface area contributed by atoms with Crippen molar-refractivity contribution in [1.82, 2.24) is 0 Å². The lowest BCUT2D eigenvalue weighted by Gasteiger charge is -2.17. The number of rotatable bonds is 8. The van der Waals surface area contributed by atoms with Crippen LogP contribution in [0.2, 0.25) is 0 Å². The molecule has 0 atom stereocenters. The van der Waals surface area contributed by atoms with Gasteiger partial charge in [0.15, 0.2) is 11.5 Å². The van der Waals surface area contributed by atoms with Crippen molar-refractivity contribution < 1.29 is 13.9 Å². The Balaban J connectivity index is 1.59. The molecule has 4 aromatic rings. The number of para-hydroxylation sites is 1. The van der Waals surface area contributed by atoms with Crippen molar-refractivity contribution in [1.29, 1.82) is 0 Å². The van der Waals surface area contributed by atoms with Gasteiger partial charge in [0.05, 0.1) is 6.61 Å². The van der Waals surface area contributed by atoms with Crippen LogP contribution in [0.4, 0.5) is 10.1 Å². The van der Waals surface area contributed by atoms with Gasteiger partial charge >= 0.3 is 0 Å². The molecule has 0 unspecified atom stereocenters. The molecular weight excluding hydrogens is 377 g/mol. The minimum absolute atomic E-state index is 0.137. The minimum atomic E-state index is -0.276. The smallest absolute Gasteiger partial charge is 0.166 e. The Kier molecular flexibility index (Phi) is 6.14. The van der Waals surface area contributed by atoms with E-state index in [9.17, 15) is 4.39 Å². The van der Waals surface area contributed by atoms with Gasteiger partial charge in [0.1, 0.15) is 12.4 Å². The maximum atomic E-state index is 14.0. The molecule has 0 aromatic heterocycles. The molecule has 152 valence electrons. The van der Waals surface area contributed by atoms with Crippen LogP contribution in [0.3, 0.4) is 0 Å². The molecule has 0 aliphatic heterocycles. The molecule has 0 saturated heterocycles. The summed E-state index contributed by atoms with van der Waals surface area (Å²) in [5.41, 5.74) is 2.51. The van der Waals surface area contributed by atoms with Crippen LogP contribution in [-0.4, -0.2) is 6.61 Å². The first kappa shape index (κ1) is 19.8. The molecule has 1 N–H and O–H groups in total. The predicted octanol–water partition coefficient (Wildman–Crippen LogP) is 6.57. The first-order valence-corrected chi connectivity index (χ1v) is 10.1. The van der Waals surface area contributed by atoms with E-state index in [1.807, 2.05) is 43.3 Å². The molecule has 0 saturated carbocycles. The Bertz CT molecular complexity index is 1140. The maximum absolute atomic E-state index is 14.0. The average Bonchev–Trinajstić information content (AvgIpc) is 2.78. The summed E-state index contributed by atoms with van der Waals surface area (Å²) in [7, 11) is 0. The van der Waals surface area contributed by atoms with Gasteiger partial charge in [0.25, 0.3) is 0 Å². The summed E-state index contributed by atoms with van der Waals surface area (Å²) >= 11 is 0. The number of fused-ring (bicyclic) bond motifs is 1. The zero-order chi connectivity index (χ0) is 20.8. The van der Waals surface area contributed by atoms with Crippen LogP contribution in [-0.2, 0) is 13.2 Å². The van der Waals surface area contributed by atoms with E-state index in [4.69, 9.17) is 9.47 Å². The van der Waals surface area contributed by atoms with Crippen LogP contribution in [0.1, 0.15) is 18.1 Å². The molecular formula is C26H24FNO2. The third kappa shape index (κ3) is 4.38. The Morgan fingerprint density at radius 1 is 0.767 bits per heavy atom. The summed E-state index contributed by atoms with van der Waals surface area (Å²) in [5, 5.41) is 5.86. The summed E-state index contributed by atoms with van der Waals surface area (Å²) in [6.07, 6.45) is 0. The molecule has 4 rings (SSSR count). The molecule has 0 heterocycles. The first-order chi connectivity index (χ1) is 14.8. The Morgan fingerprint density at radius 3 is 2.37 bits per heavy atom. The summed E-state index contributed by atoms with van der Waals surface area (Å²) in [6.45, 7) is 3.15. The van der Waals surface area contributed by atoms with Crippen LogP contribution >= 0.6 is 0 Å². The molecule has 0 bridgehead atoms. The third-order valence-corrected chi connectivity index (χ3v) is 4.95. The predicted molar refractivity (Wildman–Crippen MR) is 120 cm³/mol. The normalized spacial score (nSPS) is 10.7. The fraction of sp³-hybridized carbons (Fsp3) is 0.154. The monoisotopic (exact) mass is 401 g/mol. The summed E-state index contributed by atoms with van der Waals surface area (Å²) < 4.78 is 25.9. The SMILES string of the molecule is CCOc1cccc(CNc2cccc3ccccc23)c1OCc1ccccc1F. The van der Waals surface area contributed by atoms with E-state index in [1.54, 1.807) is 18.2 Å². The van der Waals surface area contributed by atoms with Crippen LogP contribution < -0.4 is 14.8 Å². The molecule has 0 radical (unpaired) electrons. The molecule has 0 spiro atoms. The third-order valence-electron chi connectivity index (χ3n) is 4.95. The summed E-state index contributed by atoms with van der Waals surface area (Å²) in [6, 6.07) is 26.9. The first-order valence-electron chi connectivity index (χ1n) is 10.1. The highest BCUT2D eigenvalue weighted by atomic mass is 19.1. The van der Waals surface area contributed by atoms with E-state index in [-0.39, 0.29) is 12.4 Å². The van der Waals surface area contributed by atoms with Gasteiger partial charge in [-0.1, -0.05) is 66.7 Å². The van der Waals surface area contributed by atoms with Crippen molar-refractivity contribution in [2.24, 2.45) is 0 Å². The molecule has 30 heavy (non-hydrogen) atoms. The Labute approximate surface area is 176 Å². The highest BCUT2D eigenvalue weighted by Crippen LogP contribution is 2.33. The second-order valence-electron chi connectivity index (χ2n) is 6.94.